The van der Waals surface area contributed by atoms with E-state index in [0.717, 1.165) is 54.4 Å². The van der Waals surface area contributed by atoms with E-state index in [1.54, 1.807) is 11.3 Å². The van der Waals surface area contributed by atoms with Gasteiger partial charge < -0.3 is 18.4 Å². The molecule has 0 aliphatic rings. The van der Waals surface area contributed by atoms with Crippen LogP contribution in [0, 0.1) is 23.7 Å². The molecule has 4 nitrogen and oxygen atoms in total. The van der Waals surface area contributed by atoms with Gasteiger partial charge in [-0.25, -0.2) is 0 Å². The maximum Gasteiger partial charge on any atom is 0.137 e. The number of hydrogen-bond donors (Lipinski definition) is 0. The second-order valence-electron chi connectivity index (χ2n) is 10.4. The Hall–Kier alpha value is -3.22. The van der Waals surface area contributed by atoms with E-state index >= 15 is 0 Å². The van der Waals surface area contributed by atoms with Gasteiger partial charge in [0.15, 0.2) is 0 Å². The molecule has 0 saturated carbocycles. The SMILES string of the molecule is C[N+](C)(C)CCOc1ccc(C#Cc2ccc(C#Cc3ccc(OCC[N+](C)(C)C)cc3)s2)cc1. The lowest BCUT2D eigenvalue weighted by atomic mass is 10.2. The van der Waals surface area contributed by atoms with Crippen LogP contribution in [0.5, 0.6) is 11.5 Å². The van der Waals surface area contributed by atoms with E-state index in [0.29, 0.717) is 13.2 Å². The lowest BCUT2D eigenvalue weighted by Crippen LogP contribution is -2.38. The van der Waals surface area contributed by atoms with Crippen molar-refractivity contribution < 1.29 is 18.4 Å². The van der Waals surface area contributed by atoms with E-state index in [9.17, 15) is 0 Å². The van der Waals surface area contributed by atoms with E-state index in [4.69, 9.17) is 9.47 Å². The van der Waals surface area contributed by atoms with Gasteiger partial charge >= 0.3 is 0 Å². The van der Waals surface area contributed by atoms with E-state index in [-0.39, 0.29) is 0 Å². The molecule has 3 rings (SSSR count). The van der Waals surface area contributed by atoms with E-state index in [2.05, 4.69) is 66.0 Å². The Morgan fingerprint density at radius 1 is 0.543 bits per heavy atom. The standard InChI is InChI=1S/C30H36N2O2S/c1-31(2,3)21-23-33-27-13-7-25(8-14-27)11-17-29-19-20-30(35-29)18-12-26-9-15-28(16-10-26)34-24-22-32(4,5)6/h7-10,13-16,19-20H,21-24H2,1-6H3/q+2. The smallest absolute Gasteiger partial charge is 0.137 e. The summed E-state index contributed by atoms with van der Waals surface area (Å²) in [5.41, 5.74) is 1.93. The van der Waals surface area contributed by atoms with Crippen LogP contribution in [-0.2, 0) is 0 Å². The molecule has 0 atom stereocenters. The Kier molecular flexibility index (Phi) is 9.01. The molecule has 1 heterocycles. The molecular formula is C30H36N2O2S+2. The average molecular weight is 489 g/mol. The third-order valence-electron chi connectivity index (χ3n) is 5.04. The molecule has 0 saturated heterocycles. The molecule has 182 valence electrons. The van der Waals surface area contributed by atoms with Gasteiger partial charge in [-0.2, -0.15) is 0 Å². The van der Waals surface area contributed by atoms with Crippen LogP contribution >= 0.6 is 11.3 Å². The summed E-state index contributed by atoms with van der Waals surface area (Å²) in [6.07, 6.45) is 0. The van der Waals surface area contributed by atoms with Crippen molar-refractivity contribution >= 4 is 11.3 Å². The van der Waals surface area contributed by atoms with Crippen LogP contribution in [0.4, 0.5) is 0 Å². The first-order valence-corrected chi connectivity index (χ1v) is 12.6. The minimum absolute atomic E-state index is 0.697. The summed E-state index contributed by atoms with van der Waals surface area (Å²) in [5.74, 6) is 14.7. The fraction of sp³-hybridized carbons (Fsp3) is 0.333. The number of benzene rings is 2. The zero-order valence-electron chi connectivity index (χ0n) is 21.7. The third kappa shape index (κ3) is 10.3. The van der Waals surface area contributed by atoms with Crippen molar-refractivity contribution in [2.45, 2.75) is 0 Å². The van der Waals surface area contributed by atoms with E-state index < -0.39 is 0 Å². The number of ether oxygens (including phenoxy) is 2. The predicted molar refractivity (Wildman–Crippen MR) is 146 cm³/mol. The summed E-state index contributed by atoms with van der Waals surface area (Å²) < 4.78 is 13.4. The highest BCUT2D eigenvalue weighted by Gasteiger charge is 2.07. The molecule has 0 bridgehead atoms. The van der Waals surface area contributed by atoms with Gasteiger partial charge in [-0.15, -0.1) is 11.3 Å². The van der Waals surface area contributed by atoms with Gasteiger partial charge in [-0.05, 0) is 60.7 Å². The Labute approximate surface area is 214 Å². The molecule has 2 aromatic carbocycles. The monoisotopic (exact) mass is 488 g/mol. The van der Waals surface area contributed by atoms with Crippen molar-refractivity contribution in [1.29, 1.82) is 0 Å². The third-order valence-corrected chi connectivity index (χ3v) is 5.95. The largest absolute Gasteiger partial charge is 0.488 e. The molecule has 0 spiro atoms. The van der Waals surface area contributed by atoms with Crippen molar-refractivity contribution in [3.05, 3.63) is 81.5 Å². The van der Waals surface area contributed by atoms with Crippen LogP contribution in [0.15, 0.2) is 60.7 Å². The number of thiophene rings is 1. The summed E-state index contributed by atoms with van der Waals surface area (Å²) >= 11 is 1.60. The number of quaternary nitrogens is 2. The number of likely N-dealkylation sites (N-methyl/N-ethyl adjacent to an activating group) is 2. The van der Waals surface area contributed by atoms with Crippen LogP contribution in [-0.4, -0.2) is 77.6 Å². The first-order valence-electron chi connectivity index (χ1n) is 11.8. The van der Waals surface area contributed by atoms with Gasteiger partial charge in [0.1, 0.15) is 37.8 Å². The summed E-state index contributed by atoms with van der Waals surface area (Å²) in [6, 6.07) is 19.9. The molecule has 0 aliphatic heterocycles. The molecular weight excluding hydrogens is 452 g/mol. The fourth-order valence-electron chi connectivity index (χ4n) is 2.88. The number of rotatable bonds is 8. The molecule has 0 fully saturated rings. The second kappa shape index (κ2) is 12.0. The summed E-state index contributed by atoms with van der Waals surface area (Å²) in [7, 11) is 12.9. The highest BCUT2D eigenvalue weighted by molar-refractivity contribution is 7.13. The van der Waals surface area contributed by atoms with Gasteiger partial charge in [0.05, 0.1) is 52.0 Å². The topological polar surface area (TPSA) is 18.5 Å². The first kappa shape index (κ1) is 26.4. The van der Waals surface area contributed by atoms with E-state index in [1.807, 2.05) is 60.7 Å². The van der Waals surface area contributed by atoms with E-state index in [1.165, 1.54) is 0 Å². The second-order valence-corrected chi connectivity index (χ2v) is 11.5. The maximum absolute atomic E-state index is 5.82. The Balaban J connectivity index is 1.52. The molecule has 0 amide bonds. The molecule has 1 aromatic heterocycles. The molecule has 35 heavy (non-hydrogen) atoms. The molecule has 3 aromatic rings. The maximum atomic E-state index is 5.82. The minimum Gasteiger partial charge on any atom is -0.488 e. The van der Waals surface area contributed by atoms with Crippen molar-refractivity contribution in [3.63, 3.8) is 0 Å². The lowest BCUT2D eigenvalue weighted by molar-refractivity contribution is -0.870. The van der Waals surface area contributed by atoms with Gasteiger partial charge in [0.25, 0.3) is 0 Å². The Morgan fingerprint density at radius 2 is 0.914 bits per heavy atom. The van der Waals surface area contributed by atoms with Crippen LogP contribution in [0.2, 0.25) is 0 Å². The quantitative estimate of drug-likeness (QED) is 0.338. The first-order chi connectivity index (χ1) is 16.6. The molecule has 5 heteroatoms. The number of nitrogens with zero attached hydrogens (tertiary/aromatic N) is 2. The van der Waals surface area contributed by atoms with Crippen LogP contribution in [0.25, 0.3) is 0 Å². The molecule has 0 unspecified atom stereocenters. The number of hydrogen-bond acceptors (Lipinski definition) is 3. The Bertz CT molecular complexity index is 1110. The highest BCUT2D eigenvalue weighted by Crippen LogP contribution is 2.16. The van der Waals surface area contributed by atoms with Crippen molar-refractivity contribution in [2.75, 3.05) is 68.6 Å². The van der Waals surface area contributed by atoms with Gasteiger partial charge in [0.2, 0.25) is 0 Å². The predicted octanol–water partition coefficient (Wildman–Crippen LogP) is 4.72. The summed E-state index contributed by atoms with van der Waals surface area (Å²) in [5, 5.41) is 0. The summed E-state index contributed by atoms with van der Waals surface area (Å²) in [4.78, 5) is 2.00. The Morgan fingerprint density at radius 3 is 1.26 bits per heavy atom. The molecule has 0 N–H and O–H groups in total. The van der Waals surface area contributed by atoms with Gasteiger partial charge in [-0.1, -0.05) is 23.7 Å². The van der Waals surface area contributed by atoms with Crippen LogP contribution < -0.4 is 9.47 Å². The van der Waals surface area contributed by atoms with Crippen molar-refractivity contribution in [3.8, 4) is 35.2 Å². The summed E-state index contributed by atoms with van der Waals surface area (Å²) in [6.45, 7) is 3.31. The lowest BCUT2D eigenvalue weighted by Gasteiger charge is -2.23. The van der Waals surface area contributed by atoms with Gasteiger partial charge in [0, 0.05) is 11.1 Å². The van der Waals surface area contributed by atoms with Crippen molar-refractivity contribution in [2.24, 2.45) is 0 Å². The fourth-order valence-corrected chi connectivity index (χ4v) is 3.60. The minimum atomic E-state index is 0.697. The molecule has 0 aliphatic carbocycles. The normalized spacial score (nSPS) is 11.1. The average Bonchev–Trinajstić information content (AvgIpc) is 3.24. The van der Waals surface area contributed by atoms with Crippen LogP contribution in [0.1, 0.15) is 20.9 Å². The molecule has 0 radical (unpaired) electrons. The van der Waals surface area contributed by atoms with Gasteiger partial charge in [-0.3, -0.25) is 0 Å². The van der Waals surface area contributed by atoms with Crippen molar-refractivity contribution in [1.82, 2.24) is 0 Å². The highest BCUT2D eigenvalue weighted by atomic mass is 32.1. The zero-order chi connectivity index (χ0) is 25.3. The van der Waals surface area contributed by atoms with Crippen LogP contribution in [0.3, 0.4) is 0 Å². The zero-order valence-corrected chi connectivity index (χ0v) is 22.5.